The van der Waals surface area contributed by atoms with Crippen molar-refractivity contribution in [3.63, 3.8) is 0 Å². The zero-order valence-corrected chi connectivity index (χ0v) is 11.8. The third-order valence-corrected chi connectivity index (χ3v) is 3.13. The third kappa shape index (κ3) is 4.48. The molecule has 2 rings (SSSR count). The molecule has 0 atom stereocenters. The first-order chi connectivity index (χ1) is 9.13. The van der Waals surface area contributed by atoms with Crippen LogP contribution in [0.5, 0.6) is 0 Å². The molecule has 0 aliphatic carbocycles. The number of hydrogen-bond donors (Lipinski definition) is 1. The van der Waals surface area contributed by atoms with Crippen molar-refractivity contribution >= 4 is 21.8 Å². The molecule has 2 aromatic carbocycles. The zero-order chi connectivity index (χ0) is 13.7. The van der Waals surface area contributed by atoms with Gasteiger partial charge in [0.05, 0.1) is 6.42 Å². The zero-order valence-electron chi connectivity index (χ0n) is 10.2. The molecule has 0 unspecified atom stereocenters. The summed E-state index contributed by atoms with van der Waals surface area (Å²) in [6.45, 7) is 0.466. The molecule has 0 bridgehead atoms. The van der Waals surface area contributed by atoms with Gasteiger partial charge >= 0.3 is 0 Å². The van der Waals surface area contributed by atoms with Crippen molar-refractivity contribution in [2.45, 2.75) is 13.0 Å². The standard InChI is InChI=1S/C15H13BrFNO/c16-13-5-1-4-12(7-13)10-18-15(19)9-11-3-2-6-14(17)8-11/h1-8H,9-10H2,(H,18,19). The molecule has 2 aromatic rings. The smallest absolute Gasteiger partial charge is 0.224 e. The summed E-state index contributed by atoms with van der Waals surface area (Å²) in [4.78, 5) is 11.7. The summed E-state index contributed by atoms with van der Waals surface area (Å²) in [6.07, 6.45) is 0.186. The number of benzene rings is 2. The van der Waals surface area contributed by atoms with Crippen LogP contribution in [0.15, 0.2) is 53.0 Å². The maximum absolute atomic E-state index is 13.0. The van der Waals surface area contributed by atoms with Gasteiger partial charge in [0.15, 0.2) is 0 Å². The SMILES string of the molecule is O=C(Cc1cccc(F)c1)NCc1cccc(Br)c1. The average Bonchev–Trinajstić information content (AvgIpc) is 2.36. The summed E-state index contributed by atoms with van der Waals surface area (Å²) in [5, 5.41) is 2.81. The van der Waals surface area contributed by atoms with Crippen LogP contribution in [-0.2, 0) is 17.8 Å². The Kier molecular flexibility index (Phi) is 4.68. The minimum absolute atomic E-state index is 0.120. The molecule has 0 aliphatic rings. The highest BCUT2D eigenvalue weighted by Gasteiger charge is 2.04. The van der Waals surface area contributed by atoms with Gasteiger partial charge < -0.3 is 5.32 Å². The maximum atomic E-state index is 13.0. The molecule has 0 fully saturated rings. The Morgan fingerprint density at radius 2 is 1.84 bits per heavy atom. The van der Waals surface area contributed by atoms with Gasteiger partial charge in [-0.3, -0.25) is 4.79 Å². The first-order valence-electron chi connectivity index (χ1n) is 5.89. The quantitative estimate of drug-likeness (QED) is 0.918. The Labute approximate surface area is 119 Å². The Morgan fingerprint density at radius 3 is 2.58 bits per heavy atom. The molecule has 1 N–H and O–H groups in total. The third-order valence-electron chi connectivity index (χ3n) is 2.63. The number of carbonyl (C=O) groups excluding carboxylic acids is 1. The molecule has 1 amide bonds. The molecule has 4 heteroatoms. The largest absolute Gasteiger partial charge is 0.352 e. The van der Waals surface area contributed by atoms with Crippen molar-refractivity contribution in [1.29, 1.82) is 0 Å². The van der Waals surface area contributed by atoms with Gasteiger partial charge in [-0.25, -0.2) is 4.39 Å². The summed E-state index contributed by atoms with van der Waals surface area (Å²) in [7, 11) is 0. The molecule has 98 valence electrons. The number of hydrogen-bond acceptors (Lipinski definition) is 1. The Bertz CT molecular complexity index is 586. The highest BCUT2D eigenvalue weighted by molar-refractivity contribution is 9.10. The lowest BCUT2D eigenvalue weighted by atomic mass is 10.1. The molecule has 2 nitrogen and oxygen atoms in total. The van der Waals surface area contributed by atoms with E-state index in [2.05, 4.69) is 21.2 Å². The van der Waals surface area contributed by atoms with Crippen LogP contribution in [0.4, 0.5) is 4.39 Å². The summed E-state index contributed by atoms with van der Waals surface area (Å²) in [5.74, 6) is -0.442. The topological polar surface area (TPSA) is 29.1 Å². The van der Waals surface area contributed by atoms with E-state index in [1.807, 2.05) is 24.3 Å². The van der Waals surface area contributed by atoms with Crippen LogP contribution in [0.25, 0.3) is 0 Å². The fraction of sp³-hybridized carbons (Fsp3) is 0.133. The van der Waals surface area contributed by atoms with Gasteiger partial charge in [0.2, 0.25) is 5.91 Å². The molecular formula is C15H13BrFNO. The van der Waals surface area contributed by atoms with Crippen molar-refractivity contribution in [3.8, 4) is 0 Å². The van der Waals surface area contributed by atoms with Gasteiger partial charge in [0.25, 0.3) is 0 Å². The summed E-state index contributed by atoms with van der Waals surface area (Å²) in [6, 6.07) is 13.8. The van der Waals surface area contributed by atoms with E-state index in [1.54, 1.807) is 12.1 Å². The Morgan fingerprint density at radius 1 is 1.11 bits per heavy atom. The molecule has 0 saturated carbocycles. The van der Waals surface area contributed by atoms with Crippen molar-refractivity contribution in [1.82, 2.24) is 5.32 Å². The van der Waals surface area contributed by atoms with E-state index in [4.69, 9.17) is 0 Å². The first kappa shape index (κ1) is 13.7. The normalized spacial score (nSPS) is 10.2. The van der Waals surface area contributed by atoms with Gasteiger partial charge in [-0.2, -0.15) is 0 Å². The van der Waals surface area contributed by atoms with E-state index in [0.717, 1.165) is 10.0 Å². The van der Waals surface area contributed by atoms with E-state index in [0.29, 0.717) is 12.1 Å². The molecular weight excluding hydrogens is 309 g/mol. The lowest BCUT2D eigenvalue weighted by molar-refractivity contribution is -0.120. The van der Waals surface area contributed by atoms with E-state index in [1.165, 1.54) is 12.1 Å². The maximum Gasteiger partial charge on any atom is 0.224 e. The first-order valence-corrected chi connectivity index (χ1v) is 6.68. The van der Waals surface area contributed by atoms with Gasteiger partial charge in [-0.1, -0.05) is 40.2 Å². The second-order valence-electron chi connectivity index (χ2n) is 4.21. The average molecular weight is 322 g/mol. The van der Waals surface area contributed by atoms with Crippen molar-refractivity contribution in [2.75, 3.05) is 0 Å². The molecule has 0 spiro atoms. The number of rotatable bonds is 4. The fourth-order valence-corrected chi connectivity index (χ4v) is 2.19. The van der Waals surface area contributed by atoms with Crippen LogP contribution in [-0.4, -0.2) is 5.91 Å². The minimum atomic E-state index is -0.322. The number of nitrogens with one attached hydrogen (secondary N) is 1. The molecule has 0 aromatic heterocycles. The molecule has 0 heterocycles. The number of amides is 1. The number of carbonyl (C=O) groups is 1. The summed E-state index contributed by atoms with van der Waals surface area (Å²) in [5.41, 5.74) is 1.69. The van der Waals surface area contributed by atoms with Gasteiger partial charge in [-0.15, -0.1) is 0 Å². The second kappa shape index (κ2) is 6.48. The molecule has 0 saturated heterocycles. The summed E-state index contributed by atoms with van der Waals surface area (Å²) < 4.78 is 14.0. The monoisotopic (exact) mass is 321 g/mol. The highest BCUT2D eigenvalue weighted by atomic mass is 79.9. The Hall–Kier alpha value is -1.68. The Balaban J connectivity index is 1.88. The number of halogens is 2. The highest BCUT2D eigenvalue weighted by Crippen LogP contribution is 2.11. The van der Waals surface area contributed by atoms with Crippen LogP contribution in [0.2, 0.25) is 0 Å². The van der Waals surface area contributed by atoms with Crippen molar-refractivity contribution < 1.29 is 9.18 Å². The van der Waals surface area contributed by atoms with E-state index >= 15 is 0 Å². The van der Waals surface area contributed by atoms with Crippen LogP contribution in [0.3, 0.4) is 0 Å². The lowest BCUT2D eigenvalue weighted by Gasteiger charge is -2.06. The molecule has 19 heavy (non-hydrogen) atoms. The van der Waals surface area contributed by atoms with E-state index in [-0.39, 0.29) is 18.1 Å². The fourth-order valence-electron chi connectivity index (χ4n) is 1.74. The molecule has 0 aliphatic heterocycles. The van der Waals surface area contributed by atoms with Crippen LogP contribution in [0, 0.1) is 5.82 Å². The predicted molar refractivity (Wildman–Crippen MR) is 76.1 cm³/mol. The van der Waals surface area contributed by atoms with Crippen LogP contribution in [0.1, 0.15) is 11.1 Å². The van der Waals surface area contributed by atoms with Gasteiger partial charge in [-0.05, 0) is 35.4 Å². The lowest BCUT2D eigenvalue weighted by Crippen LogP contribution is -2.24. The minimum Gasteiger partial charge on any atom is -0.352 e. The van der Waals surface area contributed by atoms with Crippen molar-refractivity contribution in [2.24, 2.45) is 0 Å². The van der Waals surface area contributed by atoms with Crippen molar-refractivity contribution in [3.05, 3.63) is 69.9 Å². The van der Waals surface area contributed by atoms with Crippen LogP contribution < -0.4 is 5.32 Å². The predicted octanol–water partition coefficient (Wildman–Crippen LogP) is 3.45. The van der Waals surface area contributed by atoms with E-state index in [9.17, 15) is 9.18 Å². The van der Waals surface area contributed by atoms with Crippen LogP contribution >= 0.6 is 15.9 Å². The molecule has 0 radical (unpaired) electrons. The van der Waals surface area contributed by atoms with Gasteiger partial charge in [0.1, 0.15) is 5.82 Å². The summed E-state index contributed by atoms with van der Waals surface area (Å²) >= 11 is 3.38. The van der Waals surface area contributed by atoms with E-state index < -0.39 is 0 Å². The van der Waals surface area contributed by atoms with Gasteiger partial charge in [0, 0.05) is 11.0 Å². The second-order valence-corrected chi connectivity index (χ2v) is 5.13.